The van der Waals surface area contributed by atoms with Gasteiger partial charge >= 0.3 is 0 Å². The van der Waals surface area contributed by atoms with Crippen molar-refractivity contribution in [3.63, 3.8) is 0 Å². The Bertz CT molecular complexity index is 313. The molecule has 0 aliphatic rings. The highest BCUT2D eigenvalue weighted by molar-refractivity contribution is 5.80. The summed E-state index contributed by atoms with van der Waals surface area (Å²) in [6.07, 6.45) is -0.703. The van der Waals surface area contributed by atoms with E-state index >= 15 is 0 Å². The molecule has 24 heavy (non-hydrogen) atoms. The van der Waals surface area contributed by atoms with Gasteiger partial charge in [0.05, 0.1) is 39.1 Å². The zero-order chi connectivity index (χ0) is 18.4. The molecule has 6 heteroatoms. The maximum absolute atomic E-state index is 13.6. The molecule has 0 aromatic heterocycles. The van der Waals surface area contributed by atoms with Gasteiger partial charge in [-0.25, -0.2) is 4.39 Å². The number of ketones is 1. The fourth-order valence-electron chi connectivity index (χ4n) is 1.91. The van der Waals surface area contributed by atoms with Gasteiger partial charge in [0.1, 0.15) is 12.0 Å². The molecule has 2 unspecified atom stereocenters. The standard InChI is InChI=1S/C18H36FNO4/c1-14(2)18(21)7-6-17(19)13-23-12-16(5)24-11-10-22-9-8-20-15(3)4/h14-17,20H,6-13H2,1-5H3. The second-order valence-electron chi connectivity index (χ2n) is 6.70. The molecule has 1 N–H and O–H groups in total. The molecule has 0 amide bonds. The molecule has 0 saturated heterocycles. The molecular weight excluding hydrogens is 313 g/mol. The molecule has 5 nitrogen and oxygen atoms in total. The molecular formula is C18H36FNO4. The summed E-state index contributed by atoms with van der Waals surface area (Å²) in [6, 6.07) is 0.463. The van der Waals surface area contributed by atoms with Gasteiger partial charge in [-0.05, 0) is 13.3 Å². The minimum Gasteiger partial charge on any atom is -0.378 e. The fraction of sp³-hybridized carbons (Fsp3) is 0.944. The van der Waals surface area contributed by atoms with E-state index in [0.29, 0.717) is 32.5 Å². The molecule has 0 rings (SSSR count). The van der Waals surface area contributed by atoms with Crippen molar-refractivity contribution in [2.24, 2.45) is 5.92 Å². The summed E-state index contributed by atoms with van der Waals surface area (Å²) < 4.78 is 29.9. The van der Waals surface area contributed by atoms with Crippen LogP contribution in [0.2, 0.25) is 0 Å². The molecule has 144 valence electrons. The summed E-state index contributed by atoms with van der Waals surface area (Å²) in [5.41, 5.74) is 0. The lowest BCUT2D eigenvalue weighted by Gasteiger charge is -2.15. The van der Waals surface area contributed by atoms with Crippen molar-refractivity contribution < 1.29 is 23.4 Å². The van der Waals surface area contributed by atoms with Gasteiger partial charge in [-0.3, -0.25) is 4.79 Å². The Morgan fingerprint density at radius 2 is 1.71 bits per heavy atom. The zero-order valence-corrected chi connectivity index (χ0v) is 16.0. The number of alkyl halides is 1. The maximum atomic E-state index is 13.6. The number of hydrogen-bond donors (Lipinski definition) is 1. The van der Waals surface area contributed by atoms with Crippen molar-refractivity contribution in [2.45, 2.75) is 65.8 Å². The van der Waals surface area contributed by atoms with Gasteiger partial charge in [0.25, 0.3) is 0 Å². The average Bonchev–Trinajstić information content (AvgIpc) is 2.51. The lowest BCUT2D eigenvalue weighted by Crippen LogP contribution is -2.27. The minimum absolute atomic E-state index is 0.0104. The van der Waals surface area contributed by atoms with Crippen LogP contribution in [0.5, 0.6) is 0 Å². The maximum Gasteiger partial charge on any atom is 0.135 e. The quantitative estimate of drug-likeness (QED) is 0.434. The molecule has 0 saturated carbocycles. The Balaban J connectivity index is 3.45. The third kappa shape index (κ3) is 15.0. The monoisotopic (exact) mass is 349 g/mol. The third-order valence-electron chi connectivity index (χ3n) is 3.43. The van der Waals surface area contributed by atoms with Crippen molar-refractivity contribution in [1.29, 1.82) is 0 Å². The molecule has 0 aromatic carbocycles. The van der Waals surface area contributed by atoms with E-state index in [1.165, 1.54) is 0 Å². The molecule has 0 fully saturated rings. The van der Waals surface area contributed by atoms with E-state index in [0.717, 1.165) is 6.54 Å². The summed E-state index contributed by atoms with van der Waals surface area (Å²) in [7, 11) is 0. The highest BCUT2D eigenvalue weighted by Crippen LogP contribution is 2.08. The van der Waals surface area contributed by atoms with Crippen molar-refractivity contribution in [2.75, 3.05) is 39.6 Å². The van der Waals surface area contributed by atoms with Gasteiger partial charge in [-0.1, -0.05) is 27.7 Å². The first kappa shape index (κ1) is 23.4. The summed E-state index contributed by atoms with van der Waals surface area (Å²) in [5, 5.41) is 3.26. The first-order chi connectivity index (χ1) is 11.3. The fourth-order valence-corrected chi connectivity index (χ4v) is 1.91. The predicted molar refractivity (Wildman–Crippen MR) is 94.2 cm³/mol. The van der Waals surface area contributed by atoms with E-state index in [9.17, 15) is 9.18 Å². The van der Waals surface area contributed by atoms with E-state index in [4.69, 9.17) is 14.2 Å². The van der Waals surface area contributed by atoms with E-state index in [1.54, 1.807) is 0 Å². The first-order valence-corrected chi connectivity index (χ1v) is 9.00. The summed E-state index contributed by atoms with van der Waals surface area (Å²) in [5.74, 6) is 0.0628. The molecule has 2 atom stereocenters. The molecule has 0 heterocycles. The Labute approximate surface area is 146 Å². The average molecular weight is 349 g/mol. The number of ether oxygens (including phenoxy) is 3. The van der Waals surface area contributed by atoms with Gasteiger partial charge in [-0.2, -0.15) is 0 Å². The van der Waals surface area contributed by atoms with Crippen LogP contribution in [0, 0.1) is 5.92 Å². The van der Waals surface area contributed by atoms with E-state index < -0.39 is 6.17 Å². The summed E-state index contributed by atoms with van der Waals surface area (Å²) in [4.78, 5) is 11.4. The smallest absolute Gasteiger partial charge is 0.135 e. The molecule has 0 aromatic rings. The Hall–Kier alpha value is -0.560. The Morgan fingerprint density at radius 1 is 1.00 bits per heavy atom. The van der Waals surface area contributed by atoms with Crippen LogP contribution in [-0.4, -0.2) is 63.7 Å². The second kappa shape index (κ2) is 14.8. The number of Topliss-reactive ketones (excluding diaryl/α,β-unsaturated/α-hetero) is 1. The van der Waals surface area contributed by atoms with Gasteiger partial charge in [0, 0.05) is 24.9 Å². The van der Waals surface area contributed by atoms with Crippen LogP contribution >= 0.6 is 0 Å². The number of hydrogen-bond acceptors (Lipinski definition) is 5. The molecule has 0 bridgehead atoms. The number of halogens is 1. The number of nitrogens with one attached hydrogen (secondary N) is 1. The number of rotatable bonds is 16. The third-order valence-corrected chi connectivity index (χ3v) is 3.43. The van der Waals surface area contributed by atoms with Crippen molar-refractivity contribution in [3.8, 4) is 0 Å². The van der Waals surface area contributed by atoms with Crippen molar-refractivity contribution in [1.82, 2.24) is 5.32 Å². The van der Waals surface area contributed by atoms with Gasteiger partial charge < -0.3 is 19.5 Å². The van der Waals surface area contributed by atoms with Crippen LogP contribution in [0.15, 0.2) is 0 Å². The van der Waals surface area contributed by atoms with Gasteiger partial charge in [0.15, 0.2) is 0 Å². The topological polar surface area (TPSA) is 56.8 Å². The second-order valence-corrected chi connectivity index (χ2v) is 6.70. The number of carbonyl (C=O) groups is 1. The van der Waals surface area contributed by atoms with E-state index in [2.05, 4.69) is 19.2 Å². The Kier molecular flexibility index (Phi) is 14.4. The lowest BCUT2D eigenvalue weighted by molar-refractivity contribution is -0.122. The van der Waals surface area contributed by atoms with Crippen LogP contribution in [0.4, 0.5) is 4.39 Å². The summed E-state index contributed by atoms with van der Waals surface area (Å²) in [6.45, 7) is 12.6. The minimum atomic E-state index is -1.10. The Morgan fingerprint density at radius 3 is 2.33 bits per heavy atom. The van der Waals surface area contributed by atoms with Gasteiger partial charge in [0.2, 0.25) is 0 Å². The molecule has 0 radical (unpaired) electrons. The zero-order valence-electron chi connectivity index (χ0n) is 16.0. The predicted octanol–water partition coefficient (Wildman–Crippen LogP) is 2.77. The molecule has 0 spiro atoms. The number of carbonyl (C=O) groups excluding carboxylic acids is 1. The van der Waals surface area contributed by atoms with Crippen LogP contribution in [-0.2, 0) is 19.0 Å². The van der Waals surface area contributed by atoms with Crippen LogP contribution in [0.25, 0.3) is 0 Å². The van der Waals surface area contributed by atoms with Crippen LogP contribution in [0.1, 0.15) is 47.5 Å². The summed E-state index contributed by atoms with van der Waals surface area (Å²) >= 11 is 0. The highest BCUT2D eigenvalue weighted by atomic mass is 19.1. The van der Waals surface area contributed by atoms with Crippen molar-refractivity contribution in [3.05, 3.63) is 0 Å². The molecule has 0 aliphatic carbocycles. The molecule has 0 aliphatic heterocycles. The van der Waals surface area contributed by atoms with Crippen LogP contribution in [0.3, 0.4) is 0 Å². The van der Waals surface area contributed by atoms with Crippen molar-refractivity contribution >= 4 is 5.78 Å². The first-order valence-electron chi connectivity index (χ1n) is 9.00. The SMILES string of the molecule is CC(C)NCCOCCOC(C)COCC(F)CCC(=O)C(C)C. The largest absolute Gasteiger partial charge is 0.378 e. The van der Waals surface area contributed by atoms with Crippen LogP contribution < -0.4 is 5.32 Å². The normalized spacial score (nSPS) is 14.3. The van der Waals surface area contributed by atoms with Gasteiger partial charge in [-0.15, -0.1) is 0 Å². The van der Waals surface area contributed by atoms with E-state index in [1.807, 2.05) is 20.8 Å². The lowest BCUT2D eigenvalue weighted by atomic mass is 10.0. The van der Waals surface area contributed by atoms with E-state index in [-0.39, 0.29) is 37.3 Å². The highest BCUT2D eigenvalue weighted by Gasteiger charge is 2.13.